The van der Waals surface area contributed by atoms with Crippen LogP contribution in [0.4, 0.5) is 0 Å². The second kappa shape index (κ2) is 6.08. The topological polar surface area (TPSA) is 115 Å². The Bertz CT molecular complexity index is 652. The number of aromatic hydroxyl groups is 1. The maximum Gasteiger partial charge on any atom is 0.326 e. The van der Waals surface area contributed by atoms with Crippen LogP contribution in [0.15, 0.2) is 30.7 Å². The monoisotopic (exact) mass is 289 g/mol. The molecule has 0 aliphatic heterocycles. The molecule has 1 aromatic heterocycles. The van der Waals surface area contributed by atoms with E-state index in [0.717, 1.165) is 0 Å². The number of nitrogens with zero attached hydrogens (tertiary/aromatic N) is 1. The third kappa shape index (κ3) is 3.38. The molecule has 7 heteroatoms. The van der Waals surface area contributed by atoms with E-state index >= 15 is 0 Å². The van der Waals surface area contributed by atoms with Crippen LogP contribution in [0.3, 0.4) is 0 Å². The van der Waals surface area contributed by atoms with Gasteiger partial charge in [0.2, 0.25) is 0 Å². The van der Waals surface area contributed by atoms with E-state index in [1.54, 1.807) is 6.92 Å². The fourth-order valence-corrected chi connectivity index (χ4v) is 1.92. The first kappa shape index (κ1) is 14.6. The Kier molecular flexibility index (Phi) is 4.22. The van der Waals surface area contributed by atoms with Crippen molar-refractivity contribution in [2.24, 2.45) is 0 Å². The Hall–Kier alpha value is -2.83. The normalized spacial score (nSPS) is 11.9. The Balaban J connectivity index is 2.15. The number of aliphatic carboxylic acids is 1. The van der Waals surface area contributed by atoms with Gasteiger partial charge in [0.15, 0.2) is 0 Å². The molecule has 4 N–H and O–H groups in total. The lowest BCUT2D eigenvalue weighted by Crippen LogP contribution is -2.42. The number of amides is 1. The molecule has 7 nitrogen and oxygen atoms in total. The number of carbonyl (C=O) groups is 2. The van der Waals surface area contributed by atoms with Gasteiger partial charge in [0.25, 0.3) is 5.91 Å². The van der Waals surface area contributed by atoms with E-state index in [9.17, 15) is 19.8 Å². The van der Waals surface area contributed by atoms with Gasteiger partial charge in [-0.1, -0.05) is 6.07 Å². The average molecular weight is 289 g/mol. The van der Waals surface area contributed by atoms with E-state index < -0.39 is 17.9 Å². The molecule has 2 rings (SSSR count). The molecule has 0 fully saturated rings. The molecular formula is C14H15N3O4. The zero-order valence-electron chi connectivity index (χ0n) is 11.3. The van der Waals surface area contributed by atoms with Crippen molar-refractivity contribution in [2.75, 3.05) is 0 Å². The zero-order chi connectivity index (χ0) is 15.4. The highest BCUT2D eigenvalue weighted by atomic mass is 16.4. The van der Waals surface area contributed by atoms with Crippen LogP contribution >= 0.6 is 0 Å². The van der Waals surface area contributed by atoms with Gasteiger partial charge in [0.05, 0.1) is 6.33 Å². The van der Waals surface area contributed by atoms with E-state index in [0.29, 0.717) is 11.3 Å². The van der Waals surface area contributed by atoms with Crippen LogP contribution in [0.25, 0.3) is 0 Å². The number of H-pyrrole nitrogens is 1. The number of hydrogen-bond acceptors (Lipinski definition) is 4. The van der Waals surface area contributed by atoms with Crippen LogP contribution in [0.5, 0.6) is 5.75 Å². The molecular weight excluding hydrogens is 274 g/mol. The number of aromatic amines is 1. The molecule has 1 amide bonds. The van der Waals surface area contributed by atoms with Crippen molar-refractivity contribution >= 4 is 11.9 Å². The Labute approximate surface area is 120 Å². The van der Waals surface area contributed by atoms with Gasteiger partial charge in [0.1, 0.15) is 11.8 Å². The van der Waals surface area contributed by atoms with Gasteiger partial charge in [0, 0.05) is 29.4 Å². The smallest absolute Gasteiger partial charge is 0.326 e. The molecule has 0 saturated carbocycles. The predicted octanol–water partition coefficient (Wildman–Crippen LogP) is 0.849. The molecule has 110 valence electrons. The maximum absolute atomic E-state index is 12.1. The maximum atomic E-state index is 12.1. The van der Waals surface area contributed by atoms with Crippen molar-refractivity contribution in [1.29, 1.82) is 0 Å². The third-order valence-electron chi connectivity index (χ3n) is 3.13. The van der Waals surface area contributed by atoms with Crippen LogP contribution in [0.2, 0.25) is 0 Å². The van der Waals surface area contributed by atoms with Crippen molar-refractivity contribution < 1.29 is 19.8 Å². The van der Waals surface area contributed by atoms with E-state index in [1.807, 2.05) is 0 Å². The number of hydrogen-bond donors (Lipinski definition) is 4. The van der Waals surface area contributed by atoms with Crippen molar-refractivity contribution in [3.63, 3.8) is 0 Å². The minimum Gasteiger partial charge on any atom is -0.508 e. The molecule has 1 atom stereocenters. The summed E-state index contributed by atoms with van der Waals surface area (Å²) in [7, 11) is 0. The number of phenols is 1. The highest BCUT2D eigenvalue weighted by Crippen LogP contribution is 2.19. The highest BCUT2D eigenvalue weighted by molar-refractivity contribution is 5.98. The minimum absolute atomic E-state index is 0.0110. The summed E-state index contributed by atoms with van der Waals surface area (Å²) in [6.07, 6.45) is 3.04. The van der Waals surface area contributed by atoms with Gasteiger partial charge < -0.3 is 20.5 Å². The fourth-order valence-electron chi connectivity index (χ4n) is 1.92. The summed E-state index contributed by atoms with van der Waals surface area (Å²) in [5.74, 6) is -1.70. The molecule has 1 unspecified atom stereocenters. The van der Waals surface area contributed by atoms with Gasteiger partial charge in [-0.3, -0.25) is 4.79 Å². The van der Waals surface area contributed by atoms with E-state index in [1.165, 1.54) is 30.7 Å². The van der Waals surface area contributed by atoms with E-state index in [2.05, 4.69) is 15.3 Å². The summed E-state index contributed by atoms with van der Waals surface area (Å²) < 4.78 is 0. The van der Waals surface area contributed by atoms with Crippen molar-refractivity contribution in [2.45, 2.75) is 19.4 Å². The molecule has 1 aromatic carbocycles. The molecule has 0 aliphatic rings. The van der Waals surface area contributed by atoms with Gasteiger partial charge in [-0.15, -0.1) is 0 Å². The van der Waals surface area contributed by atoms with E-state index in [4.69, 9.17) is 0 Å². The Morgan fingerprint density at radius 3 is 2.81 bits per heavy atom. The molecule has 0 aliphatic carbocycles. The number of benzene rings is 1. The molecule has 1 heterocycles. The number of nitrogens with one attached hydrogen (secondary N) is 2. The van der Waals surface area contributed by atoms with Gasteiger partial charge in [-0.05, 0) is 19.1 Å². The number of carboxylic acids is 1. The summed E-state index contributed by atoms with van der Waals surface area (Å²) in [6.45, 7) is 1.59. The first-order chi connectivity index (χ1) is 9.99. The summed E-state index contributed by atoms with van der Waals surface area (Å²) >= 11 is 0. The van der Waals surface area contributed by atoms with Crippen LogP contribution in [0, 0.1) is 6.92 Å². The molecule has 0 saturated heterocycles. The first-order valence-corrected chi connectivity index (χ1v) is 6.28. The van der Waals surface area contributed by atoms with E-state index in [-0.39, 0.29) is 17.7 Å². The second-order valence-electron chi connectivity index (χ2n) is 4.59. The van der Waals surface area contributed by atoms with Gasteiger partial charge in [-0.2, -0.15) is 0 Å². The zero-order valence-corrected chi connectivity index (χ0v) is 11.3. The molecule has 0 radical (unpaired) electrons. The van der Waals surface area contributed by atoms with Gasteiger partial charge in [-0.25, -0.2) is 9.78 Å². The van der Waals surface area contributed by atoms with Crippen molar-refractivity contribution in [3.8, 4) is 5.75 Å². The summed E-state index contributed by atoms with van der Waals surface area (Å²) in [5, 5.41) is 21.2. The number of aromatic nitrogens is 2. The number of carbonyl (C=O) groups excluding carboxylic acids is 1. The molecule has 21 heavy (non-hydrogen) atoms. The fraction of sp³-hybridized carbons (Fsp3) is 0.214. The van der Waals surface area contributed by atoms with Crippen LogP contribution in [-0.2, 0) is 11.2 Å². The largest absolute Gasteiger partial charge is 0.508 e. The van der Waals surface area contributed by atoms with Crippen LogP contribution < -0.4 is 5.32 Å². The van der Waals surface area contributed by atoms with Crippen LogP contribution in [-0.4, -0.2) is 38.1 Å². The lowest BCUT2D eigenvalue weighted by Gasteiger charge is -2.15. The number of rotatable bonds is 5. The number of phenolic OH excluding ortho intramolecular Hbond substituents is 1. The molecule has 0 spiro atoms. The lowest BCUT2D eigenvalue weighted by atomic mass is 10.1. The summed E-state index contributed by atoms with van der Waals surface area (Å²) in [4.78, 5) is 30.0. The minimum atomic E-state index is -1.14. The SMILES string of the molecule is Cc1c(O)cccc1C(=O)NC(Cc1cnc[nH]1)C(=O)O. The molecule has 2 aromatic rings. The second-order valence-corrected chi connectivity index (χ2v) is 4.59. The average Bonchev–Trinajstić information content (AvgIpc) is 2.93. The van der Waals surface area contributed by atoms with Crippen molar-refractivity contribution in [3.05, 3.63) is 47.5 Å². The highest BCUT2D eigenvalue weighted by Gasteiger charge is 2.22. The standard InChI is InChI=1S/C14H15N3O4/c1-8-10(3-2-4-12(8)18)13(19)17-11(14(20)21)5-9-6-15-7-16-9/h2-4,6-7,11,18H,5H2,1H3,(H,15,16)(H,17,19)(H,20,21). The van der Waals surface area contributed by atoms with Crippen molar-refractivity contribution in [1.82, 2.24) is 15.3 Å². The Morgan fingerprint density at radius 1 is 1.43 bits per heavy atom. The quantitative estimate of drug-likeness (QED) is 0.651. The summed E-state index contributed by atoms with van der Waals surface area (Å²) in [5.41, 5.74) is 1.25. The third-order valence-corrected chi connectivity index (χ3v) is 3.13. The Morgan fingerprint density at radius 2 is 2.19 bits per heavy atom. The molecule has 0 bridgehead atoms. The number of carboxylic acid groups (broad SMARTS) is 1. The number of imidazole rings is 1. The summed E-state index contributed by atoms with van der Waals surface area (Å²) in [6, 6.07) is 3.44. The lowest BCUT2D eigenvalue weighted by molar-refractivity contribution is -0.139. The van der Waals surface area contributed by atoms with Crippen LogP contribution in [0.1, 0.15) is 21.6 Å². The first-order valence-electron chi connectivity index (χ1n) is 6.28. The predicted molar refractivity (Wildman–Crippen MR) is 74.0 cm³/mol. The van der Waals surface area contributed by atoms with Gasteiger partial charge >= 0.3 is 5.97 Å².